The molecule has 0 aromatic heterocycles. The van der Waals surface area contributed by atoms with Crippen LogP contribution in [0.15, 0.2) is 18.2 Å². The van der Waals surface area contributed by atoms with Gasteiger partial charge < -0.3 is 5.73 Å². The van der Waals surface area contributed by atoms with Gasteiger partial charge in [-0.05, 0) is 73.5 Å². The molecule has 0 radical (unpaired) electrons. The lowest BCUT2D eigenvalue weighted by Crippen LogP contribution is -2.35. The first-order valence-corrected chi connectivity index (χ1v) is 10.5. The van der Waals surface area contributed by atoms with Crippen molar-refractivity contribution in [2.75, 3.05) is 0 Å². The topological polar surface area (TPSA) is 26.0 Å². The van der Waals surface area contributed by atoms with Crippen molar-refractivity contribution in [1.29, 1.82) is 0 Å². The Hall–Kier alpha value is -0.755. The van der Waals surface area contributed by atoms with Crippen LogP contribution >= 0.6 is 0 Å². The molecule has 3 atom stereocenters. The van der Waals surface area contributed by atoms with Gasteiger partial charge in [0.15, 0.2) is 0 Å². The van der Waals surface area contributed by atoms with Crippen LogP contribution in [0.4, 0.5) is 0 Å². The Labute approximate surface area is 150 Å². The summed E-state index contributed by atoms with van der Waals surface area (Å²) in [5.74, 6) is 1.63. The van der Waals surface area contributed by atoms with Crippen LogP contribution in [0.3, 0.4) is 0 Å². The first kappa shape index (κ1) is 18.0. The molecule has 0 unspecified atom stereocenters. The summed E-state index contributed by atoms with van der Waals surface area (Å²) in [5.41, 5.74) is 11.5. The number of hydrogen-bond acceptors (Lipinski definition) is 1. The maximum Gasteiger partial charge on any atom is 0.101 e. The van der Waals surface area contributed by atoms with Crippen molar-refractivity contribution < 1.29 is 0 Å². The second-order valence-corrected chi connectivity index (χ2v) is 8.64. The highest BCUT2D eigenvalue weighted by Crippen LogP contribution is 2.42. The van der Waals surface area contributed by atoms with E-state index in [1.165, 1.54) is 70.5 Å². The molecule has 24 heavy (non-hydrogen) atoms. The summed E-state index contributed by atoms with van der Waals surface area (Å²) in [5, 5.41) is 0. The quantitative estimate of drug-likeness (QED) is 0.567. The summed E-state index contributed by atoms with van der Waals surface area (Å²) in [6.07, 6.45) is 15.9. The summed E-state index contributed by atoms with van der Waals surface area (Å²) in [6.45, 7) is 2.25. The van der Waals surface area contributed by atoms with Crippen molar-refractivity contribution in [3.8, 4) is 0 Å². The summed E-state index contributed by atoms with van der Waals surface area (Å²) < 4.78 is 0. The van der Waals surface area contributed by atoms with Gasteiger partial charge in [0.25, 0.3) is 0 Å². The number of rotatable bonds is 7. The van der Waals surface area contributed by atoms with Gasteiger partial charge in [0.1, 0.15) is 7.85 Å². The molecule has 2 aliphatic rings. The molecule has 132 valence electrons. The standard InChI is InChI=1S/C22H36BN/c1-2-22(24)12-11-21(16-22)20-10-9-18-14-17(6-4-3-5-13-23)7-8-19(18)15-20/h9-10,15,17,21H,2-8,11-14,16,23-24H2,1H3/t17-,21-,22+/m0/s1. The van der Waals surface area contributed by atoms with Crippen molar-refractivity contribution in [3.05, 3.63) is 34.9 Å². The monoisotopic (exact) mass is 325 g/mol. The second-order valence-electron chi connectivity index (χ2n) is 8.64. The van der Waals surface area contributed by atoms with Gasteiger partial charge >= 0.3 is 0 Å². The van der Waals surface area contributed by atoms with Crippen LogP contribution in [0.5, 0.6) is 0 Å². The average molecular weight is 325 g/mol. The molecule has 0 heterocycles. The summed E-state index contributed by atoms with van der Waals surface area (Å²) in [4.78, 5) is 0. The van der Waals surface area contributed by atoms with Crippen LogP contribution in [-0.4, -0.2) is 13.4 Å². The van der Waals surface area contributed by atoms with Gasteiger partial charge in [-0.3, -0.25) is 0 Å². The summed E-state index contributed by atoms with van der Waals surface area (Å²) in [7, 11) is 2.30. The Morgan fingerprint density at radius 3 is 2.79 bits per heavy atom. The minimum absolute atomic E-state index is 0.101. The van der Waals surface area contributed by atoms with E-state index in [9.17, 15) is 0 Å². The SMILES string of the molecule is BCCCCC[C@H]1CCc2cc([C@H]3CC[C@](N)(CC)C3)ccc2C1. The molecule has 0 amide bonds. The fourth-order valence-electron chi connectivity index (χ4n) is 4.97. The van der Waals surface area contributed by atoms with E-state index in [1.54, 1.807) is 16.7 Å². The zero-order valence-electron chi connectivity index (χ0n) is 15.9. The van der Waals surface area contributed by atoms with Crippen LogP contribution in [0, 0.1) is 5.92 Å². The first-order chi connectivity index (χ1) is 11.6. The Morgan fingerprint density at radius 2 is 2.04 bits per heavy atom. The minimum atomic E-state index is 0.101. The second kappa shape index (κ2) is 8.08. The van der Waals surface area contributed by atoms with Gasteiger partial charge in [-0.25, -0.2) is 0 Å². The van der Waals surface area contributed by atoms with Gasteiger partial charge in [0.2, 0.25) is 0 Å². The van der Waals surface area contributed by atoms with E-state index in [2.05, 4.69) is 33.0 Å². The highest BCUT2D eigenvalue weighted by molar-refractivity contribution is 6.08. The van der Waals surface area contributed by atoms with Crippen LogP contribution in [-0.2, 0) is 12.8 Å². The zero-order chi connectivity index (χ0) is 17.0. The number of hydrogen-bond donors (Lipinski definition) is 1. The third-order valence-electron chi connectivity index (χ3n) is 6.85. The first-order valence-electron chi connectivity index (χ1n) is 10.5. The fraction of sp³-hybridized carbons (Fsp3) is 0.727. The van der Waals surface area contributed by atoms with E-state index in [0.717, 1.165) is 12.3 Å². The largest absolute Gasteiger partial charge is 0.325 e. The third kappa shape index (κ3) is 4.25. The van der Waals surface area contributed by atoms with Crippen LogP contribution in [0.1, 0.15) is 87.3 Å². The number of aryl methyl sites for hydroxylation is 1. The average Bonchev–Trinajstić information content (AvgIpc) is 3.01. The molecule has 0 bridgehead atoms. The molecule has 0 aliphatic heterocycles. The Balaban J connectivity index is 1.58. The molecule has 1 aromatic rings. The summed E-state index contributed by atoms with van der Waals surface area (Å²) in [6, 6.07) is 7.41. The zero-order valence-corrected chi connectivity index (χ0v) is 15.9. The molecule has 1 saturated carbocycles. The predicted molar refractivity (Wildman–Crippen MR) is 108 cm³/mol. The number of unbranched alkanes of at least 4 members (excludes halogenated alkanes) is 2. The van der Waals surface area contributed by atoms with E-state index in [1.807, 2.05) is 0 Å². The fourth-order valence-corrected chi connectivity index (χ4v) is 4.97. The minimum Gasteiger partial charge on any atom is -0.325 e. The molecule has 2 heteroatoms. The highest BCUT2D eigenvalue weighted by Gasteiger charge is 2.35. The normalized spacial score (nSPS) is 29.6. The van der Waals surface area contributed by atoms with Crippen molar-refractivity contribution in [2.45, 2.75) is 95.3 Å². The molecule has 0 saturated heterocycles. The van der Waals surface area contributed by atoms with E-state index in [0.29, 0.717) is 5.92 Å². The summed E-state index contributed by atoms with van der Waals surface area (Å²) >= 11 is 0. The van der Waals surface area contributed by atoms with Gasteiger partial charge in [0.05, 0.1) is 0 Å². The smallest absolute Gasteiger partial charge is 0.101 e. The van der Waals surface area contributed by atoms with Crippen LogP contribution in [0.2, 0.25) is 6.32 Å². The lowest BCUT2D eigenvalue weighted by atomic mass is 9.79. The van der Waals surface area contributed by atoms with Crippen molar-refractivity contribution in [1.82, 2.24) is 0 Å². The molecule has 1 fully saturated rings. The maximum atomic E-state index is 6.51. The number of nitrogens with two attached hydrogens (primary N) is 1. The Kier molecular flexibility index (Phi) is 6.08. The predicted octanol–water partition coefficient (Wildman–Crippen LogP) is 4.78. The lowest BCUT2D eigenvalue weighted by molar-refractivity contribution is 0.407. The van der Waals surface area contributed by atoms with Crippen LogP contribution < -0.4 is 5.73 Å². The van der Waals surface area contributed by atoms with Gasteiger partial charge in [0, 0.05) is 5.54 Å². The van der Waals surface area contributed by atoms with Gasteiger partial charge in [-0.1, -0.05) is 57.1 Å². The maximum absolute atomic E-state index is 6.51. The van der Waals surface area contributed by atoms with Gasteiger partial charge in [-0.2, -0.15) is 0 Å². The van der Waals surface area contributed by atoms with Crippen molar-refractivity contribution in [2.24, 2.45) is 11.7 Å². The lowest BCUT2D eigenvalue weighted by Gasteiger charge is -2.26. The van der Waals surface area contributed by atoms with Gasteiger partial charge in [-0.15, -0.1) is 0 Å². The van der Waals surface area contributed by atoms with Crippen LogP contribution in [0.25, 0.3) is 0 Å². The Bertz CT molecular complexity index is 541. The van der Waals surface area contributed by atoms with Crippen molar-refractivity contribution in [3.63, 3.8) is 0 Å². The van der Waals surface area contributed by atoms with Crippen molar-refractivity contribution >= 4 is 7.85 Å². The van der Waals surface area contributed by atoms with E-state index in [4.69, 9.17) is 5.73 Å². The molecule has 1 aromatic carbocycles. The highest BCUT2D eigenvalue weighted by atomic mass is 14.8. The molecule has 0 spiro atoms. The van der Waals surface area contributed by atoms with E-state index >= 15 is 0 Å². The molecular formula is C22H36BN. The molecule has 2 aliphatic carbocycles. The molecule has 1 nitrogen and oxygen atoms in total. The third-order valence-corrected chi connectivity index (χ3v) is 6.85. The molecule has 2 N–H and O–H groups in total. The molecule has 3 rings (SSSR count). The number of benzene rings is 1. The van der Waals surface area contributed by atoms with E-state index < -0.39 is 0 Å². The number of fused-ring (bicyclic) bond motifs is 1. The Morgan fingerprint density at radius 1 is 1.17 bits per heavy atom. The van der Waals surface area contributed by atoms with E-state index in [-0.39, 0.29) is 5.54 Å². The molecular weight excluding hydrogens is 289 g/mol.